The molecule has 64 valence electrons. The first-order valence-electron chi connectivity index (χ1n) is 3.33. The van der Waals surface area contributed by atoms with Crippen LogP contribution in [0.1, 0.15) is 0 Å². The van der Waals surface area contributed by atoms with Crippen LogP contribution in [0.25, 0.3) is 0 Å². The number of rotatable bonds is 4. The number of ether oxygens (including phenoxy) is 1. The molecular formula is C6H11NO4. The fourth-order valence-corrected chi connectivity index (χ4v) is 0.870. The Hall–Kier alpha value is -0.650. The van der Waals surface area contributed by atoms with Crippen molar-refractivity contribution in [2.24, 2.45) is 0 Å². The first-order valence-corrected chi connectivity index (χ1v) is 3.33. The number of carboxylic acid groups (broad SMARTS) is 1. The predicted molar refractivity (Wildman–Crippen MR) is 36.0 cm³/mol. The predicted octanol–water partition coefficient (Wildman–Crippen LogP) is -1.28. The maximum Gasteiger partial charge on any atom is 0.317 e. The standard InChI is InChI=1S/C6H11NO4/c1-7(3-5(8)9)2-4-6(10)11-4/h4,6,10H,2-3H2,1H3,(H,8,9). The quantitative estimate of drug-likeness (QED) is 0.502. The molecule has 5 heteroatoms. The van der Waals surface area contributed by atoms with Crippen LogP contribution in [0.2, 0.25) is 0 Å². The lowest BCUT2D eigenvalue weighted by Gasteiger charge is -2.10. The number of epoxide rings is 1. The van der Waals surface area contributed by atoms with Gasteiger partial charge in [0.25, 0.3) is 0 Å². The number of hydrogen-bond donors (Lipinski definition) is 2. The Labute approximate surface area is 64.2 Å². The summed E-state index contributed by atoms with van der Waals surface area (Å²) in [6.45, 7) is 0.444. The van der Waals surface area contributed by atoms with Crippen molar-refractivity contribution in [1.29, 1.82) is 0 Å². The number of carbonyl (C=O) groups is 1. The molecule has 0 aliphatic carbocycles. The highest BCUT2D eigenvalue weighted by Crippen LogP contribution is 2.18. The van der Waals surface area contributed by atoms with Crippen molar-refractivity contribution in [3.05, 3.63) is 0 Å². The maximum atomic E-state index is 10.1. The van der Waals surface area contributed by atoms with Gasteiger partial charge in [0, 0.05) is 6.54 Å². The van der Waals surface area contributed by atoms with Crippen molar-refractivity contribution in [3.8, 4) is 0 Å². The van der Waals surface area contributed by atoms with Gasteiger partial charge in [0.1, 0.15) is 6.10 Å². The van der Waals surface area contributed by atoms with E-state index in [1.165, 1.54) is 0 Å². The summed E-state index contributed by atoms with van der Waals surface area (Å²) in [4.78, 5) is 11.7. The Morgan fingerprint density at radius 1 is 1.73 bits per heavy atom. The molecule has 0 spiro atoms. The molecule has 5 nitrogen and oxygen atoms in total. The van der Waals surface area contributed by atoms with Crippen molar-refractivity contribution in [3.63, 3.8) is 0 Å². The number of aliphatic carboxylic acids is 1. The minimum Gasteiger partial charge on any atom is -0.480 e. The second-order valence-corrected chi connectivity index (χ2v) is 2.66. The lowest BCUT2D eigenvalue weighted by Crippen LogP contribution is -2.29. The van der Waals surface area contributed by atoms with Crippen molar-refractivity contribution in [2.75, 3.05) is 20.1 Å². The van der Waals surface area contributed by atoms with Gasteiger partial charge in [-0.3, -0.25) is 9.69 Å². The van der Waals surface area contributed by atoms with E-state index in [0.29, 0.717) is 6.54 Å². The van der Waals surface area contributed by atoms with Gasteiger partial charge in [0.05, 0.1) is 6.54 Å². The number of likely N-dealkylation sites (N-methyl/N-ethyl adjacent to an activating group) is 1. The zero-order chi connectivity index (χ0) is 8.43. The van der Waals surface area contributed by atoms with Gasteiger partial charge < -0.3 is 14.9 Å². The summed E-state index contributed by atoms with van der Waals surface area (Å²) in [5.74, 6) is -0.873. The van der Waals surface area contributed by atoms with Gasteiger partial charge in [0.2, 0.25) is 0 Å². The minimum atomic E-state index is -0.873. The van der Waals surface area contributed by atoms with Gasteiger partial charge in [0.15, 0.2) is 6.29 Å². The van der Waals surface area contributed by atoms with Gasteiger partial charge in [-0.1, -0.05) is 0 Å². The smallest absolute Gasteiger partial charge is 0.317 e. The van der Waals surface area contributed by atoms with E-state index >= 15 is 0 Å². The van der Waals surface area contributed by atoms with E-state index in [1.54, 1.807) is 11.9 Å². The van der Waals surface area contributed by atoms with Crippen molar-refractivity contribution < 1.29 is 19.7 Å². The average Bonchev–Trinajstić information content (AvgIpc) is 2.43. The van der Waals surface area contributed by atoms with Gasteiger partial charge in [-0.25, -0.2) is 0 Å². The zero-order valence-electron chi connectivity index (χ0n) is 6.23. The summed E-state index contributed by atoms with van der Waals surface area (Å²) >= 11 is 0. The second kappa shape index (κ2) is 3.17. The van der Waals surface area contributed by atoms with E-state index in [-0.39, 0.29) is 12.6 Å². The van der Waals surface area contributed by atoms with E-state index in [4.69, 9.17) is 14.9 Å². The summed E-state index contributed by atoms with van der Waals surface area (Å²) in [6, 6.07) is 0. The Balaban J connectivity index is 2.11. The maximum absolute atomic E-state index is 10.1. The number of aliphatic hydroxyl groups is 1. The molecule has 2 N–H and O–H groups in total. The molecule has 1 fully saturated rings. The summed E-state index contributed by atoms with van der Waals surface area (Å²) in [5.41, 5.74) is 0. The topological polar surface area (TPSA) is 73.3 Å². The zero-order valence-corrected chi connectivity index (χ0v) is 6.23. The van der Waals surface area contributed by atoms with E-state index < -0.39 is 12.3 Å². The Bertz CT molecular complexity index is 161. The van der Waals surface area contributed by atoms with Crippen molar-refractivity contribution >= 4 is 5.97 Å². The molecule has 0 radical (unpaired) electrons. The molecule has 0 amide bonds. The summed E-state index contributed by atoms with van der Waals surface area (Å²) < 4.78 is 4.69. The average molecular weight is 161 g/mol. The lowest BCUT2D eigenvalue weighted by molar-refractivity contribution is -0.138. The summed E-state index contributed by atoms with van der Waals surface area (Å²) in [6.07, 6.45) is -0.884. The first-order chi connectivity index (χ1) is 5.09. The molecule has 1 heterocycles. The highest BCUT2D eigenvalue weighted by Gasteiger charge is 2.37. The molecule has 0 bridgehead atoms. The lowest BCUT2D eigenvalue weighted by atomic mass is 10.4. The Morgan fingerprint density at radius 3 is 2.64 bits per heavy atom. The fourth-order valence-electron chi connectivity index (χ4n) is 0.870. The Morgan fingerprint density at radius 2 is 2.27 bits per heavy atom. The van der Waals surface area contributed by atoms with Gasteiger partial charge in [-0.05, 0) is 7.05 Å². The molecule has 2 unspecified atom stereocenters. The second-order valence-electron chi connectivity index (χ2n) is 2.66. The number of hydrogen-bond acceptors (Lipinski definition) is 4. The van der Waals surface area contributed by atoms with Crippen LogP contribution in [-0.4, -0.2) is 53.6 Å². The molecule has 0 saturated carbocycles. The number of nitrogens with zero attached hydrogens (tertiary/aromatic N) is 1. The van der Waals surface area contributed by atoms with E-state index in [0.717, 1.165) is 0 Å². The number of carboxylic acids is 1. The minimum absolute atomic E-state index is 0.0213. The fraction of sp³-hybridized carbons (Fsp3) is 0.833. The molecule has 1 rings (SSSR count). The van der Waals surface area contributed by atoms with Gasteiger partial charge in [-0.2, -0.15) is 0 Å². The highest BCUT2D eigenvalue weighted by molar-refractivity contribution is 5.69. The molecule has 0 aromatic heterocycles. The van der Waals surface area contributed by atoms with Crippen molar-refractivity contribution in [1.82, 2.24) is 4.90 Å². The monoisotopic (exact) mass is 161 g/mol. The highest BCUT2D eigenvalue weighted by atomic mass is 16.7. The molecule has 11 heavy (non-hydrogen) atoms. The van der Waals surface area contributed by atoms with Gasteiger partial charge >= 0.3 is 5.97 Å². The van der Waals surface area contributed by atoms with Gasteiger partial charge in [-0.15, -0.1) is 0 Å². The largest absolute Gasteiger partial charge is 0.480 e. The SMILES string of the molecule is CN(CC(=O)O)CC1OC1O. The normalized spacial score (nSPS) is 29.0. The summed E-state index contributed by atoms with van der Waals surface area (Å²) in [5, 5.41) is 17.1. The van der Waals surface area contributed by atoms with Crippen LogP contribution in [0.3, 0.4) is 0 Å². The van der Waals surface area contributed by atoms with Crippen molar-refractivity contribution in [2.45, 2.75) is 12.4 Å². The molecule has 0 aromatic carbocycles. The van der Waals surface area contributed by atoms with E-state index in [1.807, 2.05) is 0 Å². The van der Waals surface area contributed by atoms with Crippen LogP contribution in [0.4, 0.5) is 0 Å². The molecule has 1 aliphatic heterocycles. The molecule has 1 aliphatic rings. The first kappa shape index (κ1) is 8.45. The van der Waals surface area contributed by atoms with E-state index in [9.17, 15) is 4.79 Å². The molecule has 1 saturated heterocycles. The molecule has 0 aromatic rings. The third kappa shape index (κ3) is 2.83. The van der Waals surface area contributed by atoms with Crippen LogP contribution < -0.4 is 0 Å². The van der Waals surface area contributed by atoms with Crippen LogP contribution in [-0.2, 0) is 9.53 Å². The van der Waals surface area contributed by atoms with E-state index in [2.05, 4.69) is 0 Å². The van der Waals surface area contributed by atoms with Crippen LogP contribution in [0.5, 0.6) is 0 Å². The number of aliphatic hydroxyl groups excluding tert-OH is 1. The summed E-state index contributed by atoms with van der Waals surface area (Å²) in [7, 11) is 1.67. The third-order valence-electron chi connectivity index (χ3n) is 1.45. The van der Waals surface area contributed by atoms with Crippen LogP contribution >= 0.6 is 0 Å². The Kier molecular flexibility index (Phi) is 2.43. The molecular weight excluding hydrogens is 150 g/mol. The molecule has 2 atom stereocenters. The van der Waals surface area contributed by atoms with Crippen LogP contribution in [0, 0.1) is 0 Å². The van der Waals surface area contributed by atoms with Crippen LogP contribution in [0.15, 0.2) is 0 Å². The third-order valence-corrected chi connectivity index (χ3v) is 1.45.